The number of nitrogens with zero attached hydrogens (tertiary/aromatic N) is 1. The molecule has 0 aliphatic heterocycles. The van der Waals surface area contributed by atoms with E-state index in [0.717, 1.165) is 24.3 Å². The van der Waals surface area contributed by atoms with Crippen LogP contribution in [0.3, 0.4) is 0 Å². The van der Waals surface area contributed by atoms with Crippen LogP contribution >= 0.6 is 0 Å². The first-order valence-electron chi connectivity index (χ1n) is 9.44. The second-order valence-corrected chi connectivity index (χ2v) is 8.27. The van der Waals surface area contributed by atoms with E-state index in [1.165, 1.54) is 0 Å². The van der Waals surface area contributed by atoms with Gasteiger partial charge in [0.05, 0.1) is 17.4 Å². The van der Waals surface area contributed by atoms with E-state index in [-0.39, 0.29) is 23.2 Å². The van der Waals surface area contributed by atoms with Crippen LogP contribution in [0.25, 0.3) is 0 Å². The van der Waals surface area contributed by atoms with Gasteiger partial charge in [-0.3, -0.25) is 4.79 Å². The fourth-order valence-corrected chi connectivity index (χ4v) is 2.87. The van der Waals surface area contributed by atoms with Gasteiger partial charge in [-0.25, -0.2) is 13.8 Å². The Kier molecular flexibility index (Phi) is 7.38. The molecule has 10 heteroatoms. The molecule has 5 nitrogen and oxygen atoms in total. The number of aliphatic hydroxyl groups is 1. The van der Waals surface area contributed by atoms with E-state index in [1.807, 2.05) is 0 Å². The molecule has 0 spiro atoms. The summed E-state index contributed by atoms with van der Waals surface area (Å²) in [5.41, 5.74) is 3.44. The van der Waals surface area contributed by atoms with E-state index < -0.39 is 53.5 Å². The monoisotopic (exact) mass is 445 g/mol. The number of hydrogen-bond acceptors (Lipinski definition) is 4. The summed E-state index contributed by atoms with van der Waals surface area (Å²) < 4.78 is 66.5. The van der Waals surface area contributed by atoms with Gasteiger partial charge in [0.2, 0.25) is 0 Å². The van der Waals surface area contributed by atoms with Crippen molar-refractivity contribution in [2.45, 2.75) is 57.5 Å². The van der Waals surface area contributed by atoms with Gasteiger partial charge >= 0.3 is 6.18 Å². The number of alkyl halides is 3. The van der Waals surface area contributed by atoms with Crippen LogP contribution in [0.5, 0.6) is 0 Å². The molecule has 0 bridgehead atoms. The minimum atomic E-state index is -4.76. The lowest BCUT2D eigenvalue weighted by atomic mass is 9.96. The largest absolute Gasteiger partial charge is 0.433 e. The van der Waals surface area contributed by atoms with Crippen LogP contribution in [0.1, 0.15) is 48.1 Å². The smallest absolute Gasteiger partial charge is 0.391 e. The van der Waals surface area contributed by atoms with Crippen molar-refractivity contribution in [3.8, 4) is 0 Å². The molecule has 2 atom stereocenters. The maximum absolute atomic E-state index is 13.8. The Morgan fingerprint density at radius 3 is 2.35 bits per heavy atom. The van der Waals surface area contributed by atoms with Gasteiger partial charge in [0.1, 0.15) is 17.3 Å². The SMILES string of the molecule is CC(C)(C)NC(=O)c1ccc(C(F)(F)F)nc1C[C@H](O)[C@H](N)Cc1cc(F)ccc1F. The molecular weight excluding hydrogens is 421 g/mol. The topological polar surface area (TPSA) is 88.2 Å². The van der Waals surface area contributed by atoms with Crippen LogP contribution in [0, 0.1) is 11.6 Å². The third-order valence-corrected chi connectivity index (χ3v) is 4.36. The summed E-state index contributed by atoms with van der Waals surface area (Å²) in [4.78, 5) is 16.1. The molecule has 0 aliphatic rings. The molecule has 0 saturated carbocycles. The Morgan fingerprint density at radius 2 is 1.77 bits per heavy atom. The van der Waals surface area contributed by atoms with Gasteiger partial charge in [0, 0.05) is 18.0 Å². The van der Waals surface area contributed by atoms with Crippen LogP contribution in [-0.2, 0) is 19.0 Å². The van der Waals surface area contributed by atoms with Gasteiger partial charge < -0.3 is 16.2 Å². The summed E-state index contributed by atoms with van der Waals surface area (Å²) >= 11 is 0. The molecule has 0 fully saturated rings. The predicted molar refractivity (Wildman–Crippen MR) is 104 cm³/mol. The van der Waals surface area contributed by atoms with Gasteiger partial charge in [0.25, 0.3) is 5.91 Å². The molecule has 1 heterocycles. The molecule has 31 heavy (non-hydrogen) atoms. The molecule has 1 amide bonds. The van der Waals surface area contributed by atoms with E-state index in [2.05, 4.69) is 10.3 Å². The first-order chi connectivity index (χ1) is 14.2. The molecule has 170 valence electrons. The zero-order valence-corrected chi connectivity index (χ0v) is 17.2. The molecular formula is C21H24F5N3O2. The summed E-state index contributed by atoms with van der Waals surface area (Å²) in [7, 11) is 0. The molecule has 0 radical (unpaired) electrons. The number of rotatable bonds is 6. The van der Waals surface area contributed by atoms with Crippen LogP contribution in [0.4, 0.5) is 22.0 Å². The number of hydrogen-bond donors (Lipinski definition) is 3. The van der Waals surface area contributed by atoms with Gasteiger partial charge in [-0.1, -0.05) is 0 Å². The molecule has 2 rings (SSSR count). The average molecular weight is 445 g/mol. The van der Waals surface area contributed by atoms with Crippen molar-refractivity contribution in [3.63, 3.8) is 0 Å². The number of carbonyl (C=O) groups excluding carboxylic acids is 1. The van der Waals surface area contributed by atoms with E-state index >= 15 is 0 Å². The number of aliphatic hydroxyl groups excluding tert-OH is 1. The minimum absolute atomic E-state index is 0.0887. The van der Waals surface area contributed by atoms with Crippen molar-refractivity contribution in [1.29, 1.82) is 0 Å². The summed E-state index contributed by atoms with van der Waals surface area (Å²) in [6, 6.07) is 3.27. The normalized spacial score (nSPS) is 14.3. The van der Waals surface area contributed by atoms with E-state index in [9.17, 15) is 31.9 Å². The van der Waals surface area contributed by atoms with Crippen molar-refractivity contribution < 1.29 is 31.9 Å². The third kappa shape index (κ3) is 6.96. The van der Waals surface area contributed by atoms with Crippen molar-refractivity contribution in [1.82, 2.24) is 10.3 Å². The standard InChI is InChI=1S/C21H24F5N3O2/c1-20(2,3)29-19(31)13-5-7-18(21(24,25)26)28-16(13)10-17(30)15(27)9-11-8-12(22)4-6-14(11)23/h4-8,15,17,30H,9-10,27H2,1-3H3,(H,29,31)/t15-,17+/m1/s1. The molecule has 1 aromatic carbocycles. The number of nitrogens with one attached hydrogen (secondary N) is 1. The lowest BCUT2D eigenvalue weighted by Gasteiger charge is -2.23. The number of halogens is 5. The summed E-state index contributed by atoms with van der Waals surface area (Å²) in [5.74, 6) is -2.09. The minimum Gasteiger partial charge on any atom is -0.391 e. The lowest BCUT2D eigenvalue weighted by Crippen LogP contribution is -2.42. The second-order valence-electron chi connectivity index (χ2n) is 8.27. The first kappa shape index (κ1) is 24.7. The maximum atomic E-state index is 13.8. The molecule has 0 saturated heterocycles. The molecule has 0 unspecified atom stereocenters. The van der Waals surface area contributed by atoms with E-state index in [1.54, 1.807) is 20.8 Å². The number of amides is 1. The van der Waals surface area contributed by atoms with Crippen molar-refractivity contribution in [3.05, 3.63) is 64.5 Å². The summed E-state index contributed by atoms with van der Waals surface area (Å²) in [6.07, 6.45) is -6.99. The second kappa shape index (κ2) is 9.27. The Morgan fingerprint density at radius 1 is 1.13 bits per heavy atom. The summed E-state index contributed by atoms with van der Waals surface area (Å²) in [5, 5.41) is 13.1. The summed E-state index contributed by atoms with van der Waals surface area (Å²) in [6.45, 7) is 5.08. The lowest BCUT2D eigenvalue weighted by molar-refractivity contribution is -0.141. The van der Waals surface area contributed by atoms with Crippen molar-refractivity contribution in [2.24, 2.45) is 5.73 Å². The van der Waals surface area contributed by atoms with Crippen molar-refractivity contribution in [2.75, 3.05) is 0 Å². The quantitative estimate of drug-likeness (QED) is 0.595. The number of benzene rings is 1. The molecule has 0 aliphatic carbocycles. The molecule has 2 aromatic rings. The van der Waals surface area contributed by atoms with Crippen LogP contribution < -0.4 is 11.1 Å². The van der Waals surface area contributed by atoms with Crippen LogP contribution in [-0.4, -0.2) is 33.7 Å². The Bertz CT molecular complexity index is 942. The third-order valence-electron chi connectivity index (χ3n) is 4.36. The highest BCUT2D eigenvalue weighted by Gasteiger charge is 2.34. The number of nitrogens with two attached hydrogens (primary N) is 1. The number of aromatic nitrogens is 1. The number of carbonyl (C=O) groups is 1. The van der Waals surface area contributed by atoms with E-state index in [4.69, 9.17) is 5.73 Å². The molecule has 4 N–H and O–H groups in total. The Balaban J connectivity index is 2.31. The molecule has 1 aromatic heterocycles. The zero-order valence-electron chi connectivity index (χ0n) is 17.2. The average Bonchev–Trinajstić information content (AvgIpc) is 2.62. The highest BCUT2D eigenvalue weighted by molar-refractivity contribution is 5.95. The highest BCUT2D eigenvalue weighted by Crippen LogP contribution is 2.29. The predicted octanol–water partition coefficient (Wildman–Crippen LogP) is 3.38. The van der Waals surface area contributed by atoms with Gasteiger partial charge in [-0.2, -0.15) is 13.2 Å². The van der Waals surface area contributed by atoms with E-state index in [0.29, 0.717) is 6.07 Å². The van der Waals surface area contributed by atoms with Crippen LogP contribution in [0.2, 0.25) is 0 Å². The van der Waals surface area contributed by atoms with Crippen LogP contribution in [0.15, 0.2) is 30.3 Å². The fraction of sp³-hybridized carbons (Fsp3) is 0.429. The van der Waals surface area contributed by atoms with Gasteiger partial charge in [-0.15, -0.1) is 0 Å². The Labute approximate surface area is 176 Å². The Hall–Kier alpha value is -2.59. The fourth-order valence-electron chi connectivity index (χ4n) is 2.87. The maximum Gasteiger partial charge on any atom is 0.433 e. The first-order valence-corrected chi connectivity index (χ1v) is 9.44. The number of pyridine rings is 1. The van der Waals surface area contributed by atoms with Gasteiger partial charge in [-0.05, 0) is 63.1 Å². The zero-order chi connectivity index (χ0) is 23.6. The highest BCUT2D eigenvalue weighted by atomic mass is 19.4. The van der Waals surface area contributed by atoms with Crippen molar-refractivity contribution >= 4 is 5.91 Å². The van der Waals surface area contributed by atoms with Gasteiger partial charge in [0.15, 0.2) is 0 Å².